The third kappa shape index (κ3) is 7.98. The third-order valence-electron chi connectivity index (χ3n) is 8.25. The van der Waals surface area contributed by atoms with Gasteiger partial charge in [0.15, 0.2) is 6.61 Å². The molecular formula is C36H40N4O7. The van der Waals surface area contributed by atoms with Gasteiger partial charge in [0, 0.05) is 57.1 Å². The first-order valence-electron chi connectivity index (χ1n) is 15.6. The first-order valence-corrected chi connectivity index (χ1v) is 15.6. The van der Waals surface area contributed by atoms with Crippen molar-refractivity contribution < 1.29 is 33.8 Å². The highest BCUT2D eigenvalue weighted by Gasteiger charge is 2.41. The molecule has 3 amide bonds. The van der Waals surface area contributed by atoms with Crippen LogP contribution in [0.5, 0.6) is 5.75 Å². The number of ether oxygens (including phenoxy) is 2. The zero-order chi connectivity index (χ0) is 33.5. The zero-order valence-corrected chi connectivity index (χ0v) is 26.8. The van der Waals surface area contributed by atoms with Crippen molar-refractivity contribution >= 4 is 34.6 Å². The van der Waals surface area contributed by atoms with Gasteiger partial charge in [-0.1, -0.05) is 60.7 Å². The number of carbonyl (C=O) groups is 4. The van der Waals surface area contributed by atoms with Crippen molar-refractivity contribution in [2.45, 2.75) is 44.5 Å². The summed E-state index contributed by atoms with van der Waals surface area (Å²) in [6, 6.07) is 22.0. The Hall–Kier alpha value is -5.16. The Bertz CT molecular complexity index is 1720. The number of nitrogens with zero attached hydrogens (tertiary/aromatic N) is 3. The second kappa shape index (κ2) is 15.0. The molecule has 246 valence electrons. The standard InChI is InChI=1S/C36H40N4O7/c1-4-46-33(42)23-47-27-16-14-24(15-17-27)18-30(36(45)39(3)20-25-10-6-5-7-11-25)37-34(43)32-19-26(41)21-40(32)35(44)29-22-38(2)31-13-9-8-12-28(29)31/h5-17,22,26,30,32,41H,4,18-21,23H2,1-3H3,(H,37,43). The molecule has 11 nitrogen and oxygen atoms in total. The summed E-state index contributed by atoms with van der Waals surface area (Å²) in [5.74, 6) is -1.21. The molecule has 3 unspecified atom stereocenters. The lowest BCUT2D eigenvalue weighted by atomic mass is 10.0. The summed E-state index contributed by atoms with van der Waals surface area (Å²) in [5.41, 5.74) is 2.99. The van der Waals surface area contributed by atoms with Gasteiger partial charge in [-0.2, -0.15) is 0 Å². The molecule has 1 fully saturated rings. The van der Waals surface area contributed by atoms with E-state index in [0.717, 1.165) is 22.0 Å². The van der Waals surface area contributed by atoms with E-state index >= 15 is 0 Å². The largest absolute Gasteiger partial charge is 0.482 e. The van der Waals surface area contributed by atoms with Crippen LogP contribution in [0.25, 0.3) is 10.9 Å². The molecule has 2 heterocycles. The number of aliphatic hydroxyl groups excluding tert-OH is 1. The number of aliphatic hydroxyl groups is 1. The molecule has 47 heavy (non-hydrogen) atoms. The predicted octanol–water partition coefficient (Wildman–Crippen LogP) is 3.08. The second-order valence-electron chi connectivity index (χ2n) is 11.7. The van der Waals surface area contributed by atoms with E-state index in [1.165, 1.54) is 4.90 Å². The van der Waals surface area contributed by atoms with Crippen LogP contribution in [0.2, 0.25) is 0 Å². The highest BCUT2D eigenvalue weighted by molar-refractivity contribution is 6.08. The molecule has 0 saturated carbocycles. The first kappa shape index (κ1) is 33.2. The molecule has 2 N–H and O–H groups in total. The maximum Gasteiger partial charge on any atom is 0.344 e. The van der Waals surface area contributed by atoms with Gasteiger partial charge in [0.1, 0.15) is 17.8 Å². The van der Waals surface area contributed by atoms with Crippen molar-refractivity contribution in [1.29, 1.82) is 0 Å². The number of amides is 3. The number of hydrogen-bond donors (Lipinski definition) is 2. The van der Waals surface area contributed by atoms with Crippen LogP contribution in [0.4, 0.5) is 0 Å². The van der Waals surface area contributed by atoms with Crippen LogP contribution in [0.15, 0.2) is 85.1 Å². The maximum atomic E-state index is 13.9. The molecule has 3 aromatic carbocycles. The number of β-amino-alcohol motifs (C(OH)–C–C–N with tert-alkyl or cyclic N) is 1. The van der Waals surface area contributed by atoms with Gasteiger partial charge in [0.2, 0.25) is 11.8 Å². The monoisotopic (exact) mass is 640 g/mol. The Morgan fingerprint density at radius 1 is 0.979 bits per heavy atom. The molecule has 0 aliphatic carbocycles. The highest BCUT2D eigenvalue weighted by atomic mass is 16.6. The van der Waals surface area contributed by atoms with Crippen LogP contribution in [-0.4, -0.2) is 88.2 Å². The number of nitrogens with one attached hydrogen (secondary N) is 1. The zero-order valence-electron chi connectivity index (χ0n) is 26.8. The van der Waals surface area contributed by atoms with Gasteiger partial charge >= 0.3 is 5.97 Å². The van der Waals surface area contributed by atoms with Gasteiger partial charge in [-0.05, 0) is 36.2 Å². The maximum absolute atomic E-state index is 13.9. The summed E-state index contributed by atoms with van der Waals surface area (Å²) < 4.78 is 12.2. The van der Waals surface area contributed by atoms with Gasteiger partial charge in [-0.25, -0.2) is 4.79 Å². The Kier molecular flexibility index (Phi) is 10.6. The van der Waals surface area contributed by atoms with E-state index in [2.05, 4.69) is 5.32 Å². The van der Waals surface area contributed by atoms with Gasteiger partial charge in [-0.3, -0.25) is 14.4 Å². The number of rotatable bonds is 12. The van der Waals surface area contributed by atoms with E-state index in [1.54, 1.807) is 49.3 Å². The number of para-hydroxylation sites is 1. The minimum Gasteiger partial charge on any atom is -0.482 e. The van der Waals surface area contributed by atoms with E-state index in [-0.39, 0.29) is 44.4 Å². The van der Waals surface area contributed by atoms with Crippen LogP contribution >= 0.6 is 0 Å². The summed E-state index contributed by atoms with van der Waals surface area (Å²) in [7, 11) is 3.53. The molecule has 4 aromatic rings. The normalized spacial score (nSPS) is 16.5. The second-order valence-corrected chi connectivity index (χ2v) is 11.7. The highest BCUT2D eigenvalue weighted by Crippen LogP contribution is 2.27. The molecule has 0 spiro atoms. The molecule has 1 aliphatic heterocycles. The Balaban J connectivity index is 1.35. The number of esters is 1. The number of carbonyl (C=O) groups excluding carboxylic acids is 4. The molecule has 3 atom stereocenters. The summed E-state index contributed by atoms with van der Waals surface area (Å²) in [6.07, 6.45) is 1.06. The van der Waals surface area contributed by atoms with E-state index in [4.69, 9.17) is 9.47 Å². The van der Waals surface area contributed by atoms with E-state index < -0.39 is 30.1 Å². The van der Waals surface area contributed by atoms with Crippen LogP contribution in [-0.2, 0) is 39.1 Å². The van der Waals surface area contributed by atoms with Gasteiger partial charge < -0.3 is 34.3 Å². The van der Waals surface area contributed by atoms with Crippen molar-refractivity contribution in [3.63, 3.8) is 0 Å². The number of aromatic nitrogens is 1. The number of aryl methyl sites for hydroxylation is 1. The summed E-state index contributed by atoms with van der Waals surface area (Å²) >= 11 is 0. The molecule has 1 saturated heterocycles. The molecule has 1 aromatic heterocycles. The summed E-state index contributed by atoms with van der Waals surface area (Å²) in [5, 5.41) is 14.3. The molecule has 0 bridgehead atoms. The Morgan fingerprint density at radius 3 is 2.40 bits per heavy atom. The SMILES string of the molecule is CCOC(=O)COc1ccc(CC(NC(=O)C2CC(O)CN2C(=O)c2cn(C)c3ccccc23)C(=O)N(C)Cc2ccccc2)cc1. The van der Waals surface area contributed by atoms with Crippen LogP contribution in [0.3, 0.4) is 0 Å². The third-order valence-corrected chi connectivity index (χ3v) is 8.25. The van der Waals surface area contributed by atoms with Gasteiger partial charge in [-0.15, -0.1) is 0 Å². The summed E-state index contributed by atoms with van der Waals surface area (Å²) in [4.78, 5) is 56.2. The average molecular weight is 641 g/mol. The predicted molar refractivity (Wildman–Crippen MR) is 175 cm³/mol. The molecule has 1 aliphatic rings. The van der Waals surface area contributed by atoms with Crippen LogP contribution in [0, 0.1) is 0 Å². The number of benzene rings is 3. The Morgan fingerprint density at radius 2 is 1.68 bits per heavy atom. The van der Waals surface area contributed by atoms with Crippen LogP contribution in [0.1, 0.15) is 34.8 Å². The fourth-order valence-electron chi connectivity index (χ4n) is 5.93. The molecule has 5 rings (SSSR count). The van der Waals surface area contributed by atoms with E-state index in [1.807, 2.05) is 66.2 Å². The van der Waals surface area contributed by atoms with E-state index in [0.29, 0.717) is 17.9 Å². The fraction of sp³-hybridized carbons (Fsp3) is 0.333. The minimum absolute atomic E-state index is 0.0000741. The molecule has 0 radical (unpaired) electrons. The quantitative estimate of drug-likeness (QED) is 0.228. The topological polar surface area (TPSA) is 130 Å². The first-order chi connectivity index (χ1) is 22.6. The van der Waals surface area contributed by atoms with Crippen molar-refractivity contribution in [3.05, 3.63) is 102 Å². The number of likely N-dealkylation sites (tertiary alicyclic amines) is 1. The van der Waals surface area contributed by atoms with Gasteiger partial charge in [0.25, 0.3) is 5.91 Å². The van der Waals surface area contributed by atoms with Crippen molar-refractivity contribution in [1.82, 2.24) is 19.7 Å². The lowest BCUT2D eigenvalue weighted by molar-refractivity contribution is -0.145. The molecular weight excluding hydrogens is 600 g/mol. The fourth-order valence-corrected chi connectivity index (χ4v) is 5.93. The minimum atomic E-state index is -0.968. The van der Waals surface area contributed by atoms with Gasteiger partial charge in [0.05, 0.1) is 18.3 Å². The number of likely N-dealkylation sites (N-methyl/N-ethyl adjacent to an activating group) is 1. The van der Waals surface area contributed by atoms with Crippen molar-refractivity contribution in [3.8, 4) is 5.75 Å². The number of hydrogen-bond acceptors (Lipinski definition) is 7. The average Bonchev–Trinajstić information content (AvgIpc) is 3.64. The van der Waals surface area contributed by atoms with Crippen molar-refractivity contribution in [2.24, 2.45) is 7.05 Å². The van der Waals surface area contributed by atoms with E-state index in [9.17, 15) is 24.3 Å². The smallest absolute Gasteiger partial charge is 0.344 e. The summed E-state index contributed by atoms with van der Waals surface area (Å²) in [6.45, 7) is 2.09. The Labute approximate surface area is 273 Å². The van der Waals surface area contributed by atoms with Crippen LogP contribution < -0.4 is 10.1 Å². The lowest BCUT2D eigenvalue weighted by Crippen LogP contribution is -2.54. The van der Waals surface area contributed by atoms with Crippen molar-refractivity contribution in [2.75, 3.05) is 26.8 Å². The lowest BCUT2D eigenvalue weighted by Gasteiger charge is -2.28. The molecule has 11 heteroatoms. The number of fused-ring (bicyclic) bond motifs is 1.